The predicted molar refractivity (Wildman–Crippen MR) is 141 cm³/mol. The molecule has 5 N–H and O–H groups in total. The summed E-state index contributed by atoms with van der Waals surface area (Å²) in [6, 6.07) is 17.3. The number of aromatic hydroxyl groups is 5. The smallest absolute Gasteiger partial charge is 0.166 e. The van der Waals surface area contributed by atoms with Crippen LogP contribution in [0.3, 0.4) is 0 Å². The number of hydrogen-bond donors (Lipinski definition) is 5. The first-order chi connectivity index (χ1) is 18.2. The molecule has 1 aliphatic heterocycles. The van der Waals surface area contributed by atoms with Gasteiger partial charge in [0.2, 0.25) is 0 Å². The van der Waals surface area contributed by atoms with Crippen molar-refractivity contribution in [2.45, 2.75) is 12.0 Å². The van der Waals surface area contributed by atoms with Gasteiger partial charge in [-0.1, -0.05) is 18.2 Å². The molecule has 0 amide bonds. The fourth-order valence-electron chi connectivity index (χ4n) is 4.80. The zero-order chi connectivity index (χ0) is 27.0. The summed E-state index contributed by atoms with van der Waals surface area (Å²) in [7, 11) is 2.99. The molecule has 0 spiro atoms. The number of rotatable bonds is 6. The Morgan fingerprint density at radius 1 is 0.632 bits per heavy atom. The van der Waals surface area contributed by atoms with E-state index in [4.69, 9.17) is 14.2 Å². The van der Waals surface area contributed by atoms with Gasteiger partial charge < -0.3 is 39.7 Å². The van der Waals surface area contributed by atoms with Crippen molar-refractivity contribution in [3.8, 4) is 46.0 Å². The van der Waals surface area contributed by atoms with Gasteiger partial charge in [-0.2, -0.15) is 0 Å². The maximum absolute atomic E-state index is 10.3. The number of methoxy groups -OCH3 is 2. The number of benzene rings is 4. The van der Waals surface area contributed by atoms with Gasteiger partial charge in [0.1, 0.15) is 29.1 Å². The lowest BCUT2D eigenvalue weighted by Crippen LogP contribution is -2.11. The summed E-state index contributed by atoms with van der Waals surface area (Å²) in [5.41, 5.74) is 3.43. The summed E-state index contributed by atoms with van der Waals surface area (Å²) in [5, 5.41) is 50.2. The molecule has 5 rings (SSSR count). The average Bonchev–Trinajstić information content (AvgIpc) is 3.25. The van der Waals surface area contributed by atoms with Crippen LogP contribution >= 0.6 is 0 Å². The van der Waals surface area contributed by atoms with Crippen molar-refractivity contribution in [3.63, 3.8) is 0 Å². The zero-order valence-corrected chi connectivity index (χ0v) is 20.6. The SMILES string of the molecule is COc1cc(C2Oc3c(OC)cc(/C=C\c4cc(O)cc(O)c4)cc3C2c2cc(O)cc(O)c2)ccc1O. The molecule has 0 aromatic heterocycles. The van der Waals surface area contributed by atoms with Gasteiger partial charge in [0.05, 0.1) is 20.1 Å². The lowest BCUT2D eigenvalue weighted by molar-refractivity contribution is 0.213. The van der Waals surface area contributed by atoms with Gasteiger partial charge >= 0.3 is 0 Å². The number of ether oxygens (including phenoxy) is 3. The van der Waals surface area contributed by atoms with Gasteiger partial charge in [-0.3, -0.25) is 0 Å². The predicted octanol–water partition coefficient (Wildman–Crippen LogP) is 5.67. The van der Waals surface area contributed by atoms with Crippen LogP contribution in [0.2, 0.25) is 0 Å². The Bertz CT molecular complexity index is 1500. The first kappa shape index (κ1) is 24.7. The molecule has 1 aliphatic rings. The van der Waals surface area contributed by atoms with Crippen molar-refractivity contribution in [2.24, 2.45) is 0 Å². The first-order valence-electron chi connectivity index (χ1n) is 11.7. The molecule has 0 saturated heterocycles. The van der Waals surface area contributed by atoms with Crippen LogP contribution in [-0.4, -0.2) is 39.8 Å². The van der Waals surface area contributed by atoms with Crippen LogP contribution in [0.5, 0.6) is 46.0 Å². The fraction of sp³-hybridized carbons (Fsp3) is 0.133. The minimum Gasteiger partial charge on any atom is -0.508 e. The summed E-state index contributed by atoms with van der Waals surface area (Å²) < 4.78 is 17.4. The number of phenols is 5. The second-order valence-electron chi connectivity index (χ2n) is 8.99. The molecule has 0 saturated carbocycles. The van der Waals surface area contributed by atoms with E-state index in [1.807, 2.05) is 12.1 Å². The lowest BCUT2D eigenvalue weighted by Gasteiger charge is -2.21. The first-order valence-corrected chi connectivity index (χ1v) is 11.7. The molecule has 194 valence electrons. The molecule has 8 heteroatoms. The molecule has 0 radical (unpaired) electrons. The van der Waals surface area contributed by atoms with E-state index in [2.05, 4.69) is 0 Å². The standard InChI is InChI=1S/C30H26O8/c1-36-26-13-18(5-6-25(26)35)29-28(19-11-22(33)15-23(34)12-19)24-9-17(10-27(37-2)30(24)38-29)4-3-16-7-20(31)14-21(32)8-16/h3-15,28-29,31-35H,1-2H3/b4-3-. The highest BCUT2D eigenvalue weighted by Crippen LogP contribution is 2.54. The molecule has 38 heavy (non-hydrogen) atoms. The highest BCUT2D eigenvalue weighted by Gasteiger charge is 2.39. The Labute approximate surface area is 218 Å². The molecule has 0 aliphatic carbocycles. The number of hydrogen-bond acceptors (Lipinski definition) is 8. The van der Waals surface area contributed by atoms with Crippen LogP contribution in [0.15, 0.2) is 66.7 Å². The maximum Gasteiger partial charge on any atom is 0.166 e. The van der Waals surface area contributed by atoms with E-state index >= 15 is 0 Å². The van der Waals surface area contributed by atoms with Crippen molar-refractivity contribution < 1.29 is 39.7 Å². The summed E-state index contributed by atoms with van der Waals surface area (Å²) in [5.74, 6) is 0.480. The van der Waals surface area contributed by atoms with Crippen LogP contribution in [0, 0.1) is 0 Å². The largest absolute Gasteiger partial charge is 0.508 e. The highest BCUT2D eigenvalue weighted by atomic mass is 16.5. The molecule has 4 aromatic carbocycles. The highest BCUT2D eigenvalue weighted by molar-refractivity contribution is 5.74. The van der Waals surface area contributed by atoms with Crippen LogP contribution in [0.25, 0.3) is 12.2 Å². The second-order valence-corrected chi connectivity index (χ2v) is 8.99. The molecular weight excluding hydrogens is 488 g/mol. The minimum absolute atomic E-state index is 0.0127. The second kappa shape index (κ2) is 9.82. The van der Waals surface area contributed by atoms with E-state index in [-0.39, 0.29) is 34.5 Å². The fourth-order valence-corrected chi connectivity index (χ4v) is 4.80. The Balaban J connectivity index is 1.65. The number of fused-ring (bicyclic) bond motifs is 1. The third-order valence-corrected chi connectivity index (χ3v) is 6.42. The van der Waals surface area contributed by atoms with E-state index in [0.29, 0.717) is 28.2 Å². The molecule has 4 aromatic rings. The van der Waals surface area contributed by atoms with Crippen molar-refractivity contribution in [1.82, 2.24) is 0 Å². The van der Waals surface area contributed by atoms with Crippen LogP contribution in [0.4, 0.5) is 0 Å². The Kier molecular flexibility index (Phi) is 6.38. The van der Waals surface area contributed by atoms with Crippen molar-refractivity contribution >= 4 is 12.2 Å². The van der Waals surface area contributed by atoms with Crippen LogP contribution in [-0.2, 0) is 0 Å². The van der Waals surface area contributed by atoms with Crippen molar-refractivity contribution in [2.75, 3.05) is 14.2 Å². The van der Waals surface area contributed by atoms with E-state index in [1.54, 1.807) is 36.4 Å². The average molecular weight is 515 g/mol. The van der Waals surface area contributed by atoms with Gasteiger partial charge in [-0.15, -0.1) is 0 Å². The third-order valence-electron chi connectivity index (χ3n) is 6.42. The molecule has 0 fully saturated rings. The lowest BCUT2D eigenvalue weighted by atomic mass is 9.84. The Hall–Kier alpha value is -4.98. The van der Waals surface area contributed by atoms with Gasteiger partial charge in [-0.25, -0.2) is 0 Å². The van der Waals surface area contributed by atoms with E-state index in [1.165, 1.54) is 44.6 Å². The van der Waals surface area contributed by atoms with E-state index < -0.39 is 12.0 Å². The van der Waals surface area contributed by atoms with Gasteiger partial charge in [0, 0.05) is 17.7 Å². The molecule has 0 bridgehead atoms. The molecule has 1 heterocycles. The normalized spacial score (nSPS) is 16.3. The summed E-state index contributed by atoms with van der Waals surface area (Å²) in [4.78, 5) is 0. The van der Waals surface area contributed by atoms with Gasteiger partial charge in [0.25, 0.3) is 0 Å². The van der Waals surface area contributed by atoms with E-state index in [9.17, 15) is 25.5 Å². The monoisotopic (exact) mass is 514 g/mol. The zero-order valence-electron chi connectivity index (χ0n) is 20.6. The topological polar surface area (TPSA) is 129 Å². The molecule has 2 unspecified atom stereocenters. The van der Waals surface area contributed by atoms with Crippen LogP contribution in [0.1, 0.15) is 39.8 Å². The molecule has 2 atom stereocenters. The summed E-state index contributed by atoms with van der Waals surface area (Å²) in [6.45, 7) is 0. The quantitative estimate of drug-likeness (QED) is 0.208. The Morgan fingerprint density at radius 2 is 1.21 bits per heavy atom. The van der Waals surface area contributed by atoms with Gasteiger partial charge in [-0.05, 0) is 70.8 Å². The maximum atomic E-state index is 10.3. The Morgan fingerprint density at radius 3 is 1.82 bits per heavy atom. The molecular formula is C30H26O8. The summed E-state index contributed by atoms with van der Waals surface area (Å²) in [6.07, 6.45) is 2.95. The van der Waals surface area contributed by atoms with Gasteiger partial charge in [0.15, 0.2) is 23.0 Å². The minimum atomic E-state index is -0.600. The third kappa shape index (κ3) is 4.71. The van der Waals surface area contributed by atoms with Crippen molar-refractivity contribution in [3.05, 3.63) is 94.5 Å². The summed E-state index contributed by atoms with van der Waals surface area (Å²) >= 11 is 0. The van der Waals surface area contributed by atoms with Crippen molar-refractivity contribution in [1.29, 1.82) is 0 Å². The van der Waals surface area contributed by atoms with Crippen LogP contribution < -0.4 is 14.2 Å². The van der Waals surface area contributed by atoms with E-state index in [0.717, 1.165) is 11.1 Å². The number of phenolic OH excluding ortho intramolecular Hbond substituents is 5. The molecule has 8 nitrogen and oxygen atoms in total.